The Morgan fingerprint density at radius 1 is 1.11 bits per heavy atom. The number of carbonyl (C=O) groups is 1. The van der Waals surface area contributed by atoms with Gasteiger partial charge >= 0.3 is 0 Å². The average Bonchev–Trinajstić information content (AvgIpc) is 2.39. The minimum Gasteiger partial charge on any atom is -0.381 e. The minimum atomic E-state index is -0.333. The van der Waals surface area contributed by atoms with Crippen molar-refractivity contribution in [3.05, 3.63) is 64.7 Å². The first-order valence-corrected chi connectivity index (χ1v) is 6.37. The van der Waals surface area contributed by atoms with Crippen LogP contribution in [0.2, 0.25) is 5.02 Å². The third kappa shape index (κ3) is 4.00. The van der Waals surface area contributed by atoms with Gasteiger partial charge in [0.05, 0.1) is 6.42 Å². The molecule has 0 saturated heterocycles. The molecule has 0 atom stereocenters. The van der Waals surface area contributed by atoms with Gasteiger partial charge in [-0.25, -0.2) is 0 Å². The lowest BCUT2D eigenvalue weighted by Crippen LogP contribution is -2.15. The molecule has 0 aromatic heterocycles. The summed E-state index contributed by atoms with van der Waals surface area (Å²) in [4.78, 5) is 11.0. The fourth-order valence-electron chi connectivity index (χ4n) is 1.83. The molecular formula is C15H15ClN2O. The summed E-state index contributed by atoms with van der Waals surface area (Å²) < 4.78 is 0. The number of amides is 1. The minimum absolute atomic E-state index is 0.240. The summed E-state index contributed by atoms with van der Waals surface area (Å²) in [7, 11) is 0. The first kappa shape index (κ1) is 13.4. The molecule has 0 unspecified atom stereocenters. The summed E-state index contributed by atoms with van der Waals surface area (Å²) in [5.74, 6) is -0.333. The highest BCUT2D eigenvalue weighted by Gasteiger charge is 2.04. The van der Waals surface area contributed by atoms with Crippen molar-refractivity contribution in [3.8, 4) is 0 Å². The van der Waals surface area contributed by atoms with Crippen LogP contribution in [-0.2, 0) is 17.8 Å². The van der Waals surface area contributed by atoms with E-state index in [1.165, 1.54) is 0 Å². The summed E-state index contributed by atoms with van der Waals surface area (Å²) in [6.45, 7) is 0.674. The van der Waals surface area contributed by atoms with Crippen molar-refractivity contribution >= 4 is 23.2 Å². The number of para-hydroxylation sites is 1. The van der Waals surface area contributed by atoms with Gasteiger partial charge in [-0.2, -0.15) is 0 Å². The highest BCUT2D eigenvalue weighted by Crippen LogP contribution is 2.17. The van der Waals surface area contributed by atoms with Gasteiger partial charge in [-0.3, -0.25) is 4.79 Å². The molecule has 0 aliphatic carbocycles. The molecular weight excluding hydrogens is 260 g/mol. The quantitative estimate of drug-likeness (QED) is 0.881. The predicted octanol–water partition coefficient (Wildman–Crippen LogP) is 2.98. The van der Waals surface area contributed by atoms with Crippen LogP contribution in [0.5, 0.6) is 0 Å². The van der Waals surface area contributed by atoms with E-state index in [2.05, 4.69) is 5.32 Å². The molecule has 3 N–H and O–H groups in total. The Balaban J connectivity index is 2.06. The molecule has 1 amide bonds. The van der Waals surface area contributed by atoms with E-state index in [9.17, 15) is 4.79 Å². The number of primary amides is 1. The highest BCUT2D eigenvalue weighted by atomic mass is 35.5. The van der Waals surface area contributed by atoms with Gasteiger partial charge in [-0.1, -0.05) is 41.9 Å². The van der Waals surface area contributed by atoms with E-state index in [1.54, 1.807) is 0 Å². The number of halogens is 1. The summed E-state index contributed by atoms with van der Waals surface area (Å²) in [6, 6.07) is 15.3. The zero-order chi connectivity index (χ0) is 13.7. The molecule has 4 heteroatoms. The largest absolute Gasteiger partial charge is 0.381 e. The van der Waals surface area contributed by atoms with Gasteiger partial charge in [-0.15, -0.1) is 0 Å². The van der Waals surface area contributed by atoms with Crippen LogP contribution in [0.4, 0.5) is 5.69 Å². The summed E-state index contributed by atoms with van der Waals surface area (Å²) in [5.41, 5.74) is 8.19. The lowest BCUT2D eigenvalue weighted by atomic mass is 10.1. The Bertz CT molecular complexity index is 567. The van der Waals surface area contributed by atoms with Crippen LogP contribution in [0.3, 0.4) is 0 Å². The third-order valence-electron chi connectivity index (χ3n) is 2.78. The fraction of sp³-hybridized carbons (Fsp3) is 0.133. The van der Waals surface area contributed by atoms with Crippen molar-refractivity contribution in [1.82, 2.24) is 0 Å². The molecule has 0 saturated carbocycles. The van der Waals surface area contributed by atoms with Crippen molar-refractivity contribution < 1.29 is 4.79 Å². The lowest BCUT2D eigenvalue weighted by molar-refractivity contribution is -0.117. The highest BCUT2D eigenvalue weighted by molar-refractivity contribution is 6.30. The predicted molar refractivity (Wildman–Crippen MR) is 78.1 cm³/mol. The molecule has 2 aromatic rings. The molecule has 0 bridgehead atoms. The number of hydrogen-bond acceptors (Lipinski definition) is 2. The van der Waals surface area contributed by atoms with E-state index in [1.807, 2.05) is 48.5 Å². The Morgan fingerprint density at radius 3 is 2.47 bits per heavy atom. The molecule has 0 heterocycles. The summed E-state index contributed by atoms with van der Waals surface area (Å²) >= 11 is 5.84. The van der Waals surface area contributed by atoms with Crippen LogP contribution in [-0.4, -0.2) is 5.91 Å². The maximum absolute atomic E-state index is 11.0. The molecule has 0 aliphatic rings. The second-order valence-corrected chi connectivity index (χ2v) is 4.72. The summed E-state index contributed by atoms with van der Waals surface area (Å²) in [6.07, 6.45) is 0.240. The van der Waals surface area contributed by atoms with E-state index in [-0.39, 0.29) is 12.3 Å². The van der Waals surface area contributed by atoms with Crippen LogP contribution in [0, 0.1) is 0 Å². The first-order chi connectivity index (χ1) is 9.15. The van der Waals surface area contributed by atoms with Crippen molar-refractivity contribution in [2.75, 3.05) is 5.32 Å². The first-order valence-electron chi connectivity index (χ1n) is 5.99. The molecule has 0 aliphatic heterocycles. The third-order valence-corrected chi connectivity index (χ3v) is 3.03. The van der Waals surface area contributed by atoms with Crippen LogP contribution in [0.15, 0.2) is 48.5 Å². The zero-order valence-corrected chi connectivity index (χ0v) is 11.2. The molecule has 3 nitrogen and oxygen atoms in total. The number of nitrogens with one attached hydrogen (secondary N) is 1. The van der Waals surface area contributed by atoms with Crippen molar-refractivity contribution in [3.63, 3.8) is 0 Å². The van der Waals surface area contributed by atoms with Crippen molar-refractivity contribution in [2.24, 2.45) is 5.73 Å². The SMILES string of the molecule is NC(=O)Cc1ccccc1NCc1ccc(Cl)cc1. The molecule has 19 heavy (non-hydrogen) atoms. The number of carbonyl (C=O) groups excluding carboxylic acids is 1. The van der Waals surface area contributed by atoms with E-state index < -0.39 is 0 Å². The van der Waals surface area contributed by atoms with Crippen LogP contribution in [0.1, 0.15) is 11.1 Å². The molecule has 2 aromatic carbocycles. The standard InChI is InChI=1S/C15H15ClN2O/c16-13-7-5-11(6-8-13)10-18-14-4-2-1-3-12(14)9-15(17)19/h1-8,18H,9-10H2,(H2,17,19). The van der Waals surface area contributed by atoms with Crippen molar-refractivity contribution in [1.29, 1.82) is 0 Å². The topological polar surface area (TPSA) is 55.1 Å². The molecule has 98 valence electrons. The maximum Gasteiger partial charge on any atom is 0.221 e. The molecule has 2 rings (SSSR count). The Hall–Kier alpha value is -2.00. The number of nitrogens with two attached hydrogens (primary N) is 1. The normalized spacial score (nSPS) is 10.2. The van der Waals surface area contributed by atoms with E-state index >= 15 is 0 Å². The van der Waals surface area contributed by atoms with Crippen LogP contribution < -0.4 is 11.1 Å². The Labute approximate surface area is 117 Å². The van der Waals surface area contributed by atoms with Gasteiger partial charge in [0, 0.05) is 17.3 Å². The number of rotatable bonds is 5. The number of hydrogen-bond donors (Lipinski definition) is 2. The summed E-state index contributed by atoms with van der Waals surface area (Å²) in [5, 5.41) is 4.02. The van der Waals surface area contributed by atoms with E-state index in [0.717, 1.165) is 21.8 Å². The van der Waals surface area contributed by atoms with E-state index in [4.69, 9.17) is 17.3 Å². The van der Waals surface area contributed by atoms with Gasteiger partial charge in [0.15, 0.2) is 0 Å². The second kappa shape index (κ2) is 6.25. The second-order valence-electron chi connectivity index (χ2n) is 4.28. The van der Waals surface area contributed by atoms with Crippen molar-refractivity contribution in [2.45, 2.75) is 13.0 Å². The Morgan fingerprint density at radius 2 is 1.79 bits per heavy atom. The smallest absolute Gasteiger partial charge is 0.221 e. The molecule has 0 spiro atoms. The Kier molecular flexibility index (Phi) is 4.42. The number of anilines is 1. The number of benzene rings is 2. The van der Waals surface area contributed by atoms with Gasteiger partial charge in [0.1, 0.15) is 0 Å². The fourth-order valence-corrected chi connectivity index (χ4v) is 1.96. The monoisotopic (exact) mass is 274 g/mol. The lowest BCUT2D eigenvalue weighted by Gasteiger charge is -2.11. The zero-order valence-electron chi connectivity index (χ0n) is 10.4. The molecule has 0 radical (unpaired) electrons. The van der Waals surface area contributed by atoms with Gasteiger partial charge in [-0.05, 0) is 29.3 Å². The molecule has 0 fully saturated rings. The van der Waals surface area contributed by atoms with Crippen LogP contribution in [0.25, 0.3) is 0 Å². The van der Waals surface area contributed by atoms with Gasteiger partial charge in [0.25, 0.3) is 0 Å². The van der Waals surface area contributed by atoms with E-state index in [0.29, 0.717) is 6.54 Å². The van der Waals surface area contributed by atoms with Gasteiger partial charge in [0.2, 0.25) is 5.91 Å². The van der Waals surface area contributed by atoms with Gasteiger partial charge < -0.3 is 11.1 Å². The maximum atomic E-state index is 11.0. The van der Waals surface area contributed by atoms with Crippen LogP contribution >= 0.6 is 11.6 Å². The average molecular weight is 275 g/mol.